The summed E-state index contributed by atoms with van der Waals surface area (Å²) >= 11 is 0. The third kappa shape index (κ3) is 9.12. The molecule has 1 unspecified atom stereocenters. The van der Waals surface area contributed by atoms with Crippen LogP contribution in [0.5, 0.6) is 0 Å². The van der Waals surface area contributed by atoms with E-state index in [0.717, 1.165) is 23.5 Å². The number of carboxylic acids is 1. The van der Waals surface area contributed by atoms with Crippen LogP contribution in [0.3, 0.4) is 0 Å². The standard InChI is InChI=1S/C26H24N.C25H24N2O2.ClHO4/c1-18-26(2,17-19-12-13-20-8-4-5-10-22(20)16-19)25-23-11-7-6-9-21(23)14-15-24(25)27(18)3;1-25(2)22(14-16-26-19-9-4-3-5-10-19)27(17-15-23(28)29)21-13-12-18-8-6-7-11-20(18)24(21)25;2-1(3,4)5/h4-16H,17H2,1-3H3;3-14,16H,15,17H2,1-2H3,(H,28,29);(H,2,3,4,5)/q+1;;. The predicted molar refractivity (Wildman–Crippen MR) is 234 cm³/mol. The van der Waals surface area contributed by atoms with Crippen molar-refractivity contribution >= 4 is 66.8 Å². The molecule has 2 N–H and O–H groups in total. The molecule has 0 saturated carbocycles. The lowest BCUT2D eigenvalue weighted by atomic mass is 9.73. The number of allylic oxidation sites excluding steroid dienone is 1. The quantitative estimate of drug-likeness (QED) is 0.160. The fraction of sp³-hybridized carbons (Fsp3) is 0.196. The molecule has 61 heavy (non-hydrogen) atoms. The summed E-state index contributed by atoms with van der Waals surface area (Å²) in [4.78, 5) is 11.3. The number of rotatable bonds is 8. The number of halogens is 1. The molecule has 7 aromatic rings. The van der Waals surface area contributed by atoms with Crippen molar-refractivity contribution in [3.8, 4) is 0 Å². The number of fused-ring (bicyclic) bond motifs is 7. The van der Waals surface area contributed by atoms with Crippen molar-refractivity contribution in [2.45, 2.75) is 51.4 Å². The number of anilines is 1. The molecule has 9 nitrogen and oxygen atoms in total. The van der Waals surface area contributed by atoms with Gasteiger partial charge in [0.15, 0.2) is 18.0 Å². The average Bonchev–Trinajstić information content (AvgIpc) is 3.57. The van der Waals surface area contributed by atoms with Crippen LogP contribution in [0, 0.1) is 10.2 Å². The molecule has 0 radical (unpaired) electrons. The smallest absolute Gasteiger partial charge is 0.309 e. The van der Waals surface area contributed by atoms with Crippen molar-refractivity contribution in [1.82, 2.24) is 0 Å². The molecule has 0 amide bonds. The zero-order valence-corrected chi connectivity index (χ0v) is 35.6. The van der Waals surface area contributed by atoms with Gasteiger partial charge >= 0.3 is 5.97 Å². The van der Waals surface area contributed by atoms with Gasteiger partial charge in [0.1, 0.15) is 13.5 Å². The minimum Gasteiger partial charge on any atom is -0.481 e. The lowest BCUT2D eigenvalue weighted by Gasteiger charge is -2.24. The summed E-state index contributed by atoms with van der Waals surface area (Å²) in [5.74, 6) is -0.789. The molecule has 2 heterocycles. The molecule has 7 aromatic carbocycles. The lowest BCUT2D eigenvalue weighted by molar-refractivity contribution is -2.00. The summed E-state index contributed by atoms with van der Waals surface area (Å²) in [6, 6.07) is 51.5. The summed E-state index contributed by atoms with van der Waals surface area (Å²) in [7, 11) is -2.74. The number of carbonyl (C=O) groups is 1. The van der Waals surface area contributed by atoms with Crippen molar-refractivity contribution in [1.29, 1.82) is 0 Å². The highest BCUT2D eigenvalue weighted by Crippen LogP contribution is 2.46. The molecule has 1 atom stereocenters. The van der Waals surface area contributed by atoms with Gasteiger partial charge in [-0.25, -0.2) is 23.2 Å². The van der Waals surface area contributed by atoms with E-state index in [1.165, 1.54) is 60.4 Å². The Hall–Kier alpha value is -6.20. The summed E-state index contributed by atoms with van der Waals surface area (Å²) in [6.07, 6.45) is 5.11. The fourth-order valence-corrected chi connectivity index (χ4v) is 9.06. The van der Waals surface area contributed by atoms with E-state index >= 15 is 0 Å². The number of hydrogen-bond acceptors (Lipinski definition) is 6. The molecule has 310 valence electrons. The molecule has 0 saturated heterocycles. The van der Waals surface area contributed by atoms with Crippen LogP contribution < -0.4 is 24.0 Å². The van der Waals surface area contributed by atoms with Gasteiger partial charge in [-0.1, -0.05) is 109 Å². The van der Waals surface area contributed by atoms with Crippen molar-refractivity contribution in [2.75, 3.05) is 18.9 Å². The van der Waals surface area contributed by atoms with E-state index in [0.29, 0.717) is 6.54 Å². The minimum atomic E-state index is -4.94. The van der Waals surface area contributed by atoms with Crippen LogP contribution in [0.1, 0.15) is 50.8 Å². The van der Waals surface area contributed by atoms with Crippen LogP contribution in [0.25, 0.3) is 32.3 Å². The van der Waals surface area contributed by atoms with Crippen LogP contribution in [-0.2, 0) is 22.0 Å². The van der Waals surface area contributed by atoms with E-state index < -0.39 is 16.2 Å². The molecule has 0 bridgehead atoms. The number of nitrogens with one attached hydrogen (secondary N) is 1. The zero-order valence-electron chi connectivity index (χ0n) is 34.9. The number of hydrogen-bond donors (Lipinski definition) is 2. The molecule has 0 spiro atoms. The van der Waals surface area contributed by atoms with Crippen LogP contribution in [0.2, 0.25) is 0 Å². The van der Waals surface area contributed by atoms with Gasteiger partial charge in [0.2, 0.25) is 11.4 Å². The highest BCUT2D eigenvalue weighted by molar-refractivity contribution is 6.08. The molecule has 0 aliphatic carbocycles. The summed E-state index contributed by atoms with van der Waals surface area (Å²) in [6.45, 7) is 9.56. The van der Waals surface area contributed by atoms with Gasteiger partial charge in [-0.3, -0.25) is 4.79 Å². The van der Waals surface area contributed by atoms with Crippen LogP contribution in [-0.4, -0.2) is 45.2 Å². The van der Waals surface area contributed by atoms with Crippen molar-refractivity contribution in [2.24, 2.45) is 0 Å². The number of nitrogens with zero attached hydrogens (tertiary/aromatic N) is 2. The van der Waals surface area contributed by atoms with E-state index in [9.17, 15) is 9.90 Å². The summed E-state index contributed by atoms with van der Waals surface area (Å²) in [5.41, 5.74) is 9.81. The number of carboxylic acid groups (broad SMARTS) is 1. The Balaban J connectivity index is 0.000000166. The van der Waals surface area contributed by atoms with Crippen molar-refractivity contribution in [3.63, 3.8) is 0 Å². The van der Waals surface area contributed by atoms with E-state index in [1.54, 1.807) is 0 Å². The topological polar surface area (TPSA) is 148 Å². The Morgan fingerprint density at radius 1 is 0.689 bits per heavy atom. The molecular weight excluding hydrogens is 786 g/mol. The second-order valence-corrected chi connectivity index (χ2v) is 17.0. The van der Waals surface area contributed by atoms with Crippen molar-refractivity contribution < 1.29 is 47.9 Å². The Kier molecular flexibility index (Phi) is 12.3. The maximum absolute atomic E-state index is 11.3. The van der Waals surface area contributed by atoms with Crippen LogP contribution >= 0.6 is 0 Å². The fourth-order valence-electron chi connectivity index (χ4n) is 9.06. The second kappa shape index (κ2) is 17.4. The van der Waals surface area contributed by atoms with E-state index in [1.807, 2.05) is 42.6 Å². The molecule has 10 heteroatoms. The van der Waals surface area contributed by atoms with Crippen molar-refractivity contribution in [3.05, 3.63) is 175 Å². The highest BCUT2D eigenvalue weighted by Gasteiger charge is 2.47. The van der Waals surface area contributed by atoms with Crippen LogP contribution in [0.15, 0.2) is 158 Å². The second-order valence-electron chi connectivity index (χ2n) is 16.2. The first-order valence-electron chi connectivity index (χ1n) is 20.1. The monoisotopic (exact) mass is 834 g/mol. The molecule has 0 aromatic heterocycles. The molecule has 9 rings (SSSR count). The van der Waals surface area contributed by atoms with E-state index in [4.69, 9.17) is 18.6 Å². The highest BCUT2D eigenvalue weighted by atomic mass is 35.7. The van der Waals surface area contributed by atoms with Gasteiger partial charge in [-0.2, -0.15) is 4.58 Å². The Labute approximate surface area is 358 Å². The Bertz CT molecular complexity index is 2860. The third-order valence-electron chi connectivity index (χ3n) is 12.1. The first kappa shape index (κ1) is 42.9. The zero-order chi connectivity index (χ0) is 43.5. The summed E-state index contributed by atoms with van der Waals surface area (Å²) < 4.78 is 38.5. The third-order valence-corrected chi connectivity index (χ3v) is 12.1. The SMILES string of the molecule is CC1(C)C(/C=C/Nc2ccccc2)=[N+](CCC(=O)O)c2ccc3ccccc3c21.CC1=[N+](C)c2ccc3ccccc3c2C1(C)Cc1ccc2ccccc2c1.[O-][Cl+3]([O-])([O-])[O-]. The molecule has 0 fully saturated rings. The van der Waals surface area contributed by atoms with Gasteiger partial charge in [0.25, 0.3) is 0 Å². The number of aliphatic carboxylic acids is 1. The van der Waals surface area contributed by atoms with Gasteiger partial charge in [-0.05, 0) is 89.3 Å². The molecular formula is C51H49ClN3O6+. The van der Waals surface area contributed by atoms with Crippen LogP contribution in [0.4, 0.5) is 17.1 Å². The Morgan fingerprint density at radius 3 is 1.84 bits per heavy atom. The largest absolute Gasteiger partial charge is 0.481 e. The maximum Gasteiger partial charge on any atom is 0.309 e. The van der Waals surface area contributed by atoms with E-state index in [-0.39, 0.29) is 17.3 Å². The Morgan fingerprint density at radius 2 is 1.21 bits per heavy atom. The normalized spacial score (nSPS) is 16.6. The lowest BCUT2D eigenvalue weighted by Crippen LogP contribution is -2.68. The summed E-state index contributed by atoms with van der Waals surface area (Å²) in [5, 5.41) is 20.3. The van der Waals surface area contributed by atoms with Gasteiger partial charge < -0.3 is 10.4 Å². The number of para-hydroxylation sites is 1. The average molecular weight is 835 g/mol. The van der Waals surface area contributed by atoms with Gasteiger partial charge in [-0.15, -0.1) is 10.2 Å². The first-order chi connectivity index (χ1) is 29.1. The molecule has 2 aliphatic rings. The first-order valence-corrected chi connectivity index (χ1v) is 21.4. The predicted octanol–water partition coefficient (Wildman–Crippen LogP) is 6.80. The van der Waals surface area contributed by atoms with E-state index in [2.05, 4.69) is 164 Å². The molecule has 2 aliphatic heterocycles. The maximum atomic E-state index is 11.3. The minimum absolute atomic E-state index is 0.00654. The number of benzene rings is 7. The van der Waals surface area contributed by atoms with Gasteiger partial charge in [0, 0.05) is 48.1 Å². The van der Waals surface area contributed by atoms with Gasteiger partial charge in [0.05, 0.1) is 10.8 Å².